The third kappa shape index (κ3) is 3.61. The molecule has 0 radical (unpaired) electrons. The van der Waals surface area contributed by atoms with Crippen molar-refractivity contribution in [3.05, 3.63) is 53.2 Å². The van der Waals surface area contributed by atoms with E-state index in [1.165, 1.54) is 19.8 Å². The van der Waals surface area contributed by atoms with E-state index in [1.807, 2.05) is 0 Å². The first-order chi connectivity index (χ1) is 12.1. The molecule has 0 saturated carbocycles. The van der Waals surface area contributed by atoms with Gasteiger partial charge in [0.15, 0.2) is 11.5 Å². The highest BCUT2D eigenvalue weighted by Gasteiger charge is 2.15. The fraction of sp³-hybridized carbons (Fsp3) is 0.125. The predicted octanol–water partition coefficient (Wildman–Crippen LogP) is 2.69. The number of nitrogens with zero attached hydrogens (tertiary/aromatic N) is 4. The van der Waals surface area contributed by atoms with Crippen molar-refractivity contribution < 1.29 is 14.3 Å². The van der Waals surface area contributed by atoms with Crippen molar-refractivity contribution in [3.63, 3.8) is 0 Å². The van der Waals surface area contributed by atoms with Gasteiger partial charge in [-0.3, -0.25) is 9.36 Å². The molecule has 25 heavy (non-hydrogen) atoms. The molecule has 2 aromatic heterocycles. The molecule has 9 heteroatoms. The second-order valence-electron chi connectivity index (χ2n) is 4.89. The number of aromatic nitrogens is 4. The summed E-state index contributed by atoms with van der Waals surface area (Å²) in [5.41, 5.74) is 0.798. The van der Waals surface area contributed by atoms with Crippen LogP contribution in [0.5, 0.6) is 11.5 Å². The molecule has 1 N–H and O–H groups in total. The van der Waals surface area contributed by atoms with Crippen molar-refractivity contribution in [2.75, 3.05) is 19.5 Å². The molecular weight excluding hydrogens is 390 g/mol. The quantitative estimate of drug-likeness (QED) is 0.703. The highest BCUT2D eigenvalue weighted by atomic mass is 79.9. The maximum Gasteiger partial charge on any atom is 0.275 e. The Kier molecular flexibility index (Phi) is 4.94. The number of ether oxygens (including phenoxy) is 2. The molecule has 1 aromatic carbocycles. The smallest absolute Gasteiger partial charge is 0.275 e. The summed E-state index contributed by atoms with van der Waals surface area (Å²) in [6.07, 6.45) is 3.01. The first kappa shape index (κ1) is 16.9. The standard InChI is InChI=1S/C16H14BrN5O3/c1-24-12-5-3-10(7-13(12)25-2)20-16(23)15-11(17)4-6-14(21-15)22-8-18-19-9-22/h3-9H,1-2H3,(H,20,23). The molecule has 0 atom stereocenters. The molecule has 0 aliphatic rings. The van der Waals surface area contributed by atoms with E-state index in [0.29, 0.717) is 27.5 Å². The number of halogens is 1. The molecule has 0 unspecified atom stereocenters. The van der Waals surface area contributed by atoms with Crippen molar-refractivity contribution in [2.45, 2.75) is 0 Å². The summed E-state index contributed by atoms with van der Waals surface area (Å²) < 4.78 is 12.6. The summed E-state index contributed by atoms with van der Waals surface area (Å²) in [5, 5.41) is 10.3. The van der Waals surface area contributed by atoms with Gasteiger partial charge in [-0.1, -0.05) is 0 Å². The number of nitrogens with one attached hydrogen (secondary N) is 1. The number of carbonyl (C=O) groups is 1. The molecule has 128 valence electrons. The minimum atomic E-state index is -0.367. The van der Waals surface area contributed by atoms with Crippen LogP contribution in [0.1, 0.15) is 10.5 Å². The molecule has 0 saturated heterocycles. The second kappa shape index (κ2) is 7.31. The number of hydrogen-bond acceptors (Lipinski definition) is 6. The highest BCUT2D eigenvalue weighted by Crippen LogP contribution is 2.30. The summed E-state index contributed by atoms with van der Waals surface area (Å²) in [4.78, 5) is 16.9. The Labute approximate surface area is 151 Å². The van der Waals surface area contributed by atoms with Gasteiger partial charge in [-0.2, -0.15) is 0 Å². The van der Waals surface area contributed by atoms with Crippen molar-refractivity contribution in [3.8, 4) is 17.3 Å². The van der Waals surface area contributed by atoms with Crippen LogP contribution in [0.25, 0.3) is 5.82 Å². The normalized spacial score (nSPS) is 10.4. The number of carbonyl (C=O) groups excluding carboxylic acids is 1. The van der Waals surface area contributed by atoms with E-state index in [1.54, 1.807) is 42.0 Å². The molecule has 8 nitrogen and oxygen atoms in total. The van der Waals surface area contributed by atoms with Crippen LogP contribution >= 0.6 is 15.9 Å². The zero-order valence-electron chi connectivity index (χ0n) is 13.4. The Morgan fingerprint density at radius 1 is 1.08 bits per heavy atom. The van der Waals surface area contributed by atoms with Crippen molar-refractivity contribution in [1.82, 2.24) is 19.7 Å². The third-order valence-corrected chi connectivity index (χ3v) is 4.01. The molecule has 2 heterocycles. The topological polar surface area (TPSA) is 91.2 Å². The lowest BCUT2D eigenvalue weighted by molar-refractivity contribution is 0.102. The Bertz CT molecular complexity index is 899. The van der Waals surface area contributed by atoms with Gasteiger partial charge in [0.2, 0.25) is 0 Å². The second-order valence-corrected chi connectivity index (χ2v) is 5.75. The summed E-state index contributed by atoms with van der Waals surface area (Å²) >= 11 is 3.35. The zero-order chi connectivity index (χ0) is 17.8. The van der Waals surface area contributed by atoms with Crippen molar-refractivity contribution in [2.24, 2.45) is 0 Å². The van der Waals surface area contributed by atoms with Gasteiger partial charge < -0.3 is 14.8 Å². The minimum Gasteiger partial charge on any atom is -0.493 e. The molecule has 1 amide bonds. The van der Waals surface area contributed by atoms with Gasteiger partial charge in [0, 0.05) is 16.2 Å². The molecule has 0 aliphatic heterocycles. The number of amides is 1. The van der Waals surface area contributed by atoms with Crippen LogP contribution in [0.15, 0.2) is 47.5 Å². The van der Waals surface area contributed by atoms with Crippen LogP contribution in [-0.4, -0.2) is 39.9 Å². The lowest BCUT2D eigenvalue weighted by atomic mass is 10.2. The van der Waals surface area contributed by atoms with Crippen molar-refractivity contribution >= 4 is 27.5 Å². The van der Waals surface area contributed by atoms with E-state index in [4.69, 9.17) is 9.47 Å². The average Bonchev–Trinajstić information content (AvgIpc) is 3.16. The Balaban J connectivity index is 1.87. The van der Waals surface area contributed by atoms with Gasteiger partial charge >= 0.3 is 0 Å². The van der Waals surface area contributed by atoms with Gasteiger partial charge in [-0.15, -0.1) is 10.2 Å². The van der Waals surface area contributed by atoms with Crippen LogP contribution in [0.4, 0.5) is 5.69 Å². The Morgan fingerprint density at radius 3 is 2.48 bits per heavy atom. The number of rotatable bonds is 5. The molecule has 0 spiro atoms. The van der Waals surface area contributed by atoms with Gasteiger partial charge in [-0.05, 0) is 40.2 Å². The van der Waals surface area contributed by atoms with E-state index in [0.717, 1.165) is 0 Å². The predicted molar refractivity (Wildman–Crippen MR) is 94.4 cm³/mol. The van der Waals surface area contributed by atoms with E-state index in [2.05, 4.69) is 36.4 Å². The van der Waals surface area contributed by atoms with Gasteiger partial charge in [0.25, 0.3) is 5.91 Å². The third-order valence-electron chi connectivity index (χ3n) is 3.37. The molecule has 0 aliphatic carbocycles. The highest BCUT2D eigenvalue weighted by molar-refractivity contribution is 9.10. The Morgan fingerprint density at radius 2 is 1.80 bits per heavy atom. The first-order valence-electron chi connectivity index (χ1n) is 7.17. The largest absolute Gasteiger partial charge is 0.493 e. The summed E-state index contributed by atoms with van der Waals surface area (Å²) in [6, 6.07) is 8.60. The number of anilines is 1. The summed E-state index contributed by atoms with van der Waals surface area (Å²) in [7, 11) is 3.08. The molecule has 3 aromatic rings. The Hall–Kier alpha value is -2.94. The first-order valence-corrected chi connectivity index (χ1v) is 7.96. The van der Waals surface area contributed by atoms with Gasteiger partial charge in [0.05, 0.1) is 14.2 Å². The van der Waals surface area contributed by atoms with Gasteiger partial charge in [0.1, 0.15) is 24.2 Å². The monoisotopic (exact) mass is 403 g/mol. The fourth-order valence-electron chi connectivity index (χ4n) is 2.16. The van der Waals surface area contributed by atoms with E-state index < -0.39 is 0 Å². The van der Waals surface area contributed by atoms with Crippen LogP contribution in [-0.2, 0) is 0 Å². The maximum absolute atomic E-state index is 12.6. The van der Waals surface area contributed by atoms with E-state index >= 15 is 0 Å². The minimum absolute atomic E-state index is 0.237. The summed E-state index contributed by atoms with van der Waals surface area (Å²) in [5.74, 6) is 1.26. The lowest BCUT2D eigenvalue weighted by Gasteiger charge is -2.11. The molecule has 0 fully saturated rings. The molecular formula is C16H14BrN5O3. The number of methoxy groups -OCH3 is 2. The lowest BCUT2D eigenvalue weighted by Crippen LogP contribution is -2.15. The number of pyridine rings is 1. The van der Waals surface area contributed by atoms with Crippen LogP contribution < -0.4 is 14.8 Å². The fourth-order valence-corrected chi connectivity index (χ4v) is 2.56. The van der Waals surface area contributed by atoms with Crippen molar-refractivity contribution in [1.29, 1.82) is 0 Å². The van der Waals surface area contributed by atoms with Crippen LogP contribution in [0.2, 0.25) is 0 Å². The van der Waals surface area contributed by atoms with Gasteiger partial charge in [-0.25, -0.2) is 4.98 Å². The van der Waals surface area contributed by atoms with E-state index in [-0.39, 0.29) is 11.6 Å². The molecule has 0 bridgehead atoms. The average molecular weight is 404 g/mol. The molecule has 3 rings (SSSR count). The zero-order valence-corrected chi connectivity index (χ0v) is 15.0. The van der Waals surface area contributed by atoms with Crippen LogP contribution in [0.3, 0.4) is 0 Å². The van der Waals surface area contributed by atoms with E-state index in [9.17, 15) is 4.79 Å². The number of hydrogen-bond donors (Lipinski definition) is 1. The van der Waals surface area contributed by atoms with Crippen LogP contribution in [0, 0.1) is 0 Å². The maximum atomic E-state index is 12.6. The summed E-state index contributed by atoms with van der Waals surface area (Å²) in [6.45, 7) is 0. The SMILES string of the molecule is COc1ccc(NC(=O)c2nc(-n3cnnc3)ccc2Br)cc1OC. The number of benzene rings is 1.